The molecule has 0 saturated carbocycles. The van der Waals surface area contributed by atoms with Gasteiger partial charge in [-0.25, -0.2) is 4.79 Å². The molecule has 0 aromatic heterocycles. The third-order valence-electron chi connectivity index (χ3n) is 2.98. The molecule has 0 saturated heterocycles. The van der Waals surface area contributed by atoms with Gasteiger partial charge >= 0.3 is 5.97 Å². The van der Waals surface area contributed by atoms with Crippen molar-refractivity contribution in [2.24, 2.45) is 0 Å². The van der Waals surface area contributed by atoms with Gasteiger partial charge in [0.15, 0.2) is 5.75 Å². The molecule has 4 heteroatoms. The summed E-state index contributed by atoms with van der Waals surface area (Å²) >= 11 is 0. The topological polar surface area (TPSA) is 49.8 Å². The number of hydrogen-bond acceptors (Lipinski definition) is 3. The van der Waals surface area contributed by atoms with E-state index in [1.807, 2.05) is 13.0 Å². The SMILES string of the molecule is C=C(C)CCN1CCOc2c(C(=O)O)cccc21. The van der Waals surface area contributed by atoms with Gasteiger partial charge in [-0.1, -0.05) is 11.6 Å². The number of carboxylic acids is 1. The second-order valence-corrected chi connectivity index (χ2v) is 4.50. The van der Waals surface area contributed by atoms with E-state index in [0.29, 0.717) is 12.4 Å². The van der Waals surface area contributed by atoms with Crippen molar-refractivity contribution in [2.45, 2.75) is 13.3 Å². The summed E-state index contributed by atoms with van der Waals surface area (Å²) in [6, 6.07) is 5.23. The summed E-state index contributed by atoms with van der Waals surface area (Å²) in [6.45, 7) is 8.03. The second-order valence-electron chi connectivity index (χ2n) is 4.50. The number of aromatic carboxylic acids is 1. The Morgan fingerprint density at radius 2 is 2.33 bits per heavy atom. The Hall–Kier alpha value is -1.97. The van der Waals surface area contributed by atoms with E-state index in [-0.39, 0.29) is 5.56 Å². The van der Waals surface area contributed by atoms with Crippen molar-refractivity contribution in [1.29, 1.82) is 0 Å². The lowest BCUT2D eigenvalue weighted by molar-refractivity contribution is 0.0692. The molecule has 0 amide bonds. The largest absolute Gasteiger partial charge is 0.489 e. The minimum absolute atomic E-state index is 0.229. The lowest BCUT2D eigenvalue weighted by atomic mass is 10.1. The van der Waals surface area contributed by atoms with Crippen molar-refractivity contribution in [3.8, 4) is 5.75 Å². The van der Waals surface area contributed by atoms with E-state index >= 15 is 0 Å². The Morgan fingerprint density at radius 3 is 3.00 bits per heavy atom. The fraction of sp³-hybridized carbons (Fsp3) is 0.357. The highest BCUT2D eigenvalue weighted by molar-refractivity contribution is 5.93. The van der Waals surface area contributed by atoms with Gasteiger partial charge in [0.05, 0.1) is 12.2 Å². The van der Waals surface area contributed by atoms with Gasteiger partial charge in [-0.05, 0) is 25.5 Å². The molecule has 0 radical (unpaired) electrons. The molecule has 4 nitrogen and oxygen atoms in total. The zero-order valence-electron chi connectivity index (χ0n) is 10.5. The molecule has 96 valence electrons. The molecule has 18 heavy (non-hydrogen) atoms. The Bertz CT molecular complexity index is 482. The van der Waals surface area contributed by atoms with Crippen molar-refractivity contribution in [3.05, 3.63) is 35.9 Å². The molecule has 1 heterocycles. The zero-order chi connectivity index (χ0) is 13.1. The van der Waals surface area contributed by atoms with Gasteiger partial charge in [0, 0.05) is 6.54 Å². The van der Waals surface area contributed by atoms with Crippen molar-refractivity contribution in [1.82, 2.24) is 0 Å². The number of benzene rings is 1. The van der Waals surface area contributed by atoms with Crippen LogP contribution in [0, 0.1) is 0 Å². The number of rotatable bonds is 4. The number of nitrogens with zero attached hydrogens (tertiary/aromatic N) is 1. The molecule has 0 bridgehead atoms. The number of fused-ring (bicyclic) bond motifs is 1. The average Bonchev–Trinajstić information content (AvgIpc) is 2.35. The van der Waals surface area contributed by atoms with E-state index in [9.17, 15) is 4.79 Å². The molecule has 0 unspecified atom stereocenters. The molecule has 1 aliphatic rings. The van der Waals surface area contributed by atoms with Gasteiger partial charge in [-0.2, -0.15) is 0 Å². The fourth-order valence-corrected chi connectivity index (χ4v) is 2.03. The smallest absolute Gasteiger partial charge is 0.339 e. The number of para-hydroxylation sites is 1. The van der Waals surface area contributed by atoms with Gasteiger partial charge < -0.3 is 14.7 Å². The minimum Gasteiger partial charge on any atom is -0.489 e. The molecule has 0 fully saturated rings. The molecule has 1 aromatic carbocycles. The van der Waals surface area contributed by atoms with Gasteiger partial charge in [-0.3, -0.25) is 0 Å². The quantitative estimate of drug-likeness (QED) is 0.831. The first-order chi connectivity index (χ1) is 8.59. The minimum atomic E-state index is -0.950. The summed E-state index contributed by atoms with van der Waals surface area (Å²) in [5.74, 6) is -0.466. The van der Waals surface area contributed by atoms with E-state index in [1.165, 1.54) is 0 Å². The Balaban J connectivity index is 2.29. The summed E-state index contributed by atoms with van der Waals surface area (Å²) < 4.78 is 5.51. The third kappa shape index (κ3) is 2.47. The maximum atomic E-state index is 11.1. The van der Waals surface area contributed by atoms with Crippen LogP contribution < -0.4 is 9.64 Å². The second kappa shape index (κ2) is 5.12. The lowest BCUT2D eigenvalue weighted by Crippen LogP contribution is -2.34. The third-order valence-corrected chi connectivity index (χ3v) is 2.98. The van der Waals surface area contributed by atoms with Crippen LogP contribution in [-0.4, -0.2) is 30.8 Å². The van der Waals surface area contributed by atoms with Crippen molar-refractivity contribution < 1.29 is 14.6 Å². The maximum absolute atomic E-state index is 11.1. The van der Waals surface area contributed by atoms with Crippen molar-refractivity contribution in [2.75, 3.05) is 24.6 Å². The number of hydrogen-bond donors (Lipinski definition) is 1. The van der Waals surface area contributed by atoms with Crippen LogP contribution in [0.4, 0.5) is 5.69 Å². The number of carbonyl (C=O) groups is 1. The average molecular weight is 247 g/mol. The highest BCUT2D eigenvalue weighted by Gasteiger charge is 2.23. The Labute approximate surface area is 106 Å². The monoisotopic (exact) mass is 247 g/mol. The molecular weight excluding hydrogens is 230 g/mol. The molecule has 1 aromatic rings. The first kappa shape index (κ1) is 12.5. The van der Waals surface area contributed by atoms with Crippen molar-refractivity contribution >= 4 is 11.7 Å². The van der Waals surface area contributed by atoms with E-state index in [1.54, 1.807) is 12.1 Å². The maximum Gasteiger partial charge on any atom is 0.339 e. The summed E-state index contributed by atoms with van der Waals surface area (Å²) in [4.78, 5) is 13.3. The van der Waals surface area contributed by atoms with Crippen LogP contribution in [0.25, 0.3) is 0 Å². The standard InChI is InChI=1S/C14H17NO3/c1-10(2)6-7-15-8-9-18-13-11(14(16)17)4-3-5-12(13)15/h3-5H,1,6-9H2,2H3,(H,16,17). The van der Waals surface area contributed by atoms with Gasteiger partial charge in [-0.15, -0.1) is 6.58 Å². The lowest BCUT2D eigenvalue weighted by Gasteiger charge is -2.32. The summed E-state index contributed by atoms with van der Waals surface area (Å²) in [5, 5.41) is 9.13. The van der Waals surface area contributed by atoms with E-state index in [0.717, 1.165) is 30.8 Å². The van der Waals surface area contributed by atoms with Gasteiger partial charge in [0.1, 0.15) is 12.2 Å². The summed E-state index contributed by atoms with van der Waals surface area (Å²) in [7, 11) is 0. The van der Waals surface area contributed by atoms with E-state index in [4.69, 9.17) is 9.84 Å². The Kier molecular flexibility index (Phi) is 3.55. The Morgan fingerprint density at radius 1 is 1.56 bits per heavy atom. The predicted octanol–water partition coefficient (Wildman–Crippen LogP) is 2.55. The normalized spacial score (nSPS) is 13.7. The molecule has 0 spiro atoms. The molecule has 0 aliphatic carbocycles. The van der Waals surface area contributed by atoms with Crippen LogP contribution in [0.15, 0.2) is 30.4 Å². The van der Waals surface area contributed by atoms with Gasteiger partial charge in [0.25, 0.3) is 0 Å². The highest BCUT2D eigenvalue weighted by atomic mass is 16.5. The molecule has 0 atom stereocenters. The van der Waals surface area contributed by atoms with Crippen LogP contribution in [0.1, 0.15) is 23.7 Å². The van der Waals surface area contributed by atoms with Crippen LogP contribution in [0.2, 0.25) is 0 Å². The number of carboxylic acid groups (broad SMARTS) is 1. The van der Waals surface area contributed by atoms with E-state index < -0.39 is 5.97 Å². The van der Waals surface area contributed by atoms with Gasteiger partial charge in [0.2, 0.25) is 0 Å². The van der Waals surface area contributed by atoms with Crippen LogP contribution in [0.3, 0.4) is 0 Å². The number of anilines is 1. The van der Waals surface area contributed by atoms with Crippen LogP contribution >= 0.6 is 0 Å². The van der Waals surface area contributed by atoms with Crippen LogP contribution in [-0.2, 0) is 0 Å². The molecular formula is C14H17NO3. The first-order valence-corrected chi connectivity index (χ1v) is 5.98. The summed E-state index contributed by atoms with van der Waals surface area (Å²) in [6.07, 6.45) is 0.900. The van der Waals surface area contributed by atoms with E-state index in [2.05, 4.69) is 11.5 Å². The zero-order valence-corrected chi connectivity index (χ0v) is 10.5. The highest BCUT2D eigenvalue weighted by Crippen LogP contribution is 2.35. The number of ether oxygens (including phenoxy) is 1. The summed E-state index contributed by atoms with van der Waals surface area (Å²) in [5.41, 5.74) is 2.22. The molecule has 1 N–H and O–H groups in total. The molecule has 1 aliphatic heterocycles. The molecule has 2 rings (SSSR count). The fourth-order valence-electron chi connectivity index (χ4n) is 2.03. The van der Waals surface area contributed by atoms with Crippen molar-refractivity contribution in [3.63, 3.8) is 0 Å². The first-order valence-electron chi connectivity index (χ1n) is 5.98. The predicted molar refractivity (Wildman–Crippen MR) is 70.5 cm³/mol. The van der Waals surface area contributed by atoms with Crippen LogP contribution in [0.5, 0.6) is 5.75 Å².